The van der Waals surface area contributed by atoms with Crippen LogP contribution in [0.1, 0.15) is 18.4 Å². The Hall–Kier alpha value is -3.58. The molecule has 1 fully saturated rings. The lowest BCUT2D eigenvalue weighted by Gasteiger charge is -2.31. The molecule has 206 valence electrons. The Balaban J connectivity index is 1.22. The van der Waals surface area contributed by atoms with Gasteiger partial charge in [-0.25, -0.2) is 9.18 Å². The van der Waals surface area contributed by atoms with Crippen molar-refractivity contribution in [2.45, 2.75) is 30.7 Å². The number of hydrogen-bond acceptors (Lipinski definition) is 6. The third kappa shape index (κ3) is 6.19. The van der Waals surface area contributed by atoms with Crippen molar-refractivity contribution in [3.05, 3.63) is 75.7 Å². The number of nitrogens with one attached hydrogen (secondary N) is 5. The number of rotatable bonds is 6. The second kappa shape index (κ2) is 10.5. The molecule has 5 N–H and O–H groups in total. The van der Waals surface area contributed by atoms with E-state index in [0.717, 1.165) is 29.6 Å². The highest BCUT2D eigenvalue weighted by Gasteiger charge is 2.35. The van der Waals surface area contributed by atoms with Gasteiger partial charge in [0.15, 0.2) is 5.50 Å². The first-order valence-electron chi connectivity index (χ1n) is 11.9. The van der Waals surface area contributed by atoms with E-state index in [9.17, 15) is 27.2 Å². The van der Waals surface area contributed by atoms with Crippen LogP contribution in [0.15, 0.2) is 59.3 Å². The number of amides is 3. The summed E-state index contributed by atoms with van der Waals surface area (Å²) in [5, 5.41) is 14.5. The van der Waals surface area contributed by atoms with E-state index >= 15 is 0 Å². The molecule has 0 radical (unpaired) electrons. The number of allylic oxidation sites excluding steroid dienone is 1. The number of urea groups is 1. The smallest absolute Gasteiger partial charge is 0.355 e. The zero-order chi connectivity index (χ0) is 27.9. The summed E-state index contributed by atoms with van der Waals surface area (Å²) in [6.07, 6.45) is 0.584. The van der Waals surface area contributed by atoms with Crippen molar-refractivity contribution in [2.24, 2.45) is 5.92 Å². The van der Waals surface area contributed by atoms with Gasteiger partial charge in [0.05, 0.1) is 27.0 Å². The van der Waals surface area contributed by atoms with Crippen molar-refractivity contribution in [1.29, 1.82) is 0 Å². The Morgan fingerprint density at radius 3 is 2.59 bits per heavy atom. The standard InChI is InChI=1S/C25H23ClF4N6O2S/c1-36(20-9-8-18-22(34-20)39-24(33-18)35-21(37)12-2-3-12)14-5-7-17(27)19(11-14)32-23(38)31-13-4-6-16(26)15(10-13)25(28,29)30/h4-12,20,24,33-34H,2-3H2,1H3,(H,35,37)(H2,31,32,38). The van der Waals surface area contributed by atoms with Crippen LogP contribution in [0.2, 0.25) is 5.02 Å². The van der Waals surface area contributed by atoms with Gasteiger partial charge < -0.3 is 31.5 Å². The molecule has 2 aliphatic heterocycles. The van der Waals surface area contributed by atoms with Crippen molar-refractivity contribution in [3.8, 4) is 0 Å². The number of carbonyl (C=O) groups excluding carboxylic acids is 2. The molecule has 1 aliphatic carbocycles. The van der Waals surface area contributed by atoms with Gasteiger partial charge in [-0.1, -0.05) is 23.4 Å². The number of nitrogens with zero attached hydrogens (tertiary/aromatic N) is 1. The molecule has 2 aromatic rings. The normalized spacial score (nSPS) is 20.1. The molecular formula is C25H23ClF4N6O2S. The van der Waals surface area contributed by atoms with Gasteiger partial charge in [0.25, 0.3) is 0 Å². The summed E-state index contributed by atoms with van der Waals surface area (Å²) in [5.74, 6) is -0.597. The van der Waals surface area contributed by atoms with Gasteiger partial charge in [0.1, 0.15) is 12.0 Å². The monoisotopic (exact) mass is 582 g/mol. The Labute approximate surface area is 230 Å². The fourth-order valence-electron chi connectivity index (χ4n) is 4.00. The topological polar surface area (TPSA) is 97.5 Å². The highest BCUT2D eigenvalue weighted by atomic mass is 35.5. The summed E-state index contributed by atoms with van der Waals surface area (Å²) in [6.45, 7) is 0. The summed E-state index contributed by atoms with van der Waals surface area (Å²) < 4.78 is 53.9. The molecule has 8 nitrogen and oxygen atoms in total. The number of halogens is 5. The van der Waals surface area contributed by atoms with Crippen LogP contribution in [-0.2, 0) is 11.0 Å². The molecule has 3 amide bonds. The molecule has 0 bridgehead atoms. The Bertz CT molecular complexity index is 1380. The highest BCUT2D eigenvalue weighted by molar-refractivity contribution is 8.03. The quantitative estimate of drug-likeness (QED) is 0.294. The van der Waals surface area contributed by atoms with E-state index < -0.39 is 28.6 Å². The van der Waals surface area contributed by atoms with E-state index in [-0.39, 0.29) is 34.9 Å². The Morgan fingerprint density at radius 2 is 1.87 bits per heavy atom. The molecule has 2 aromatic carbocycles. The van der Waals surface area contributed by atoms with E-state index in [1.807, 2.05) is 17.1 Å². The van der Waals surface area contributed by atoms with Gasteiger partial charge in [-0.05, 0) is 61.4 Å². The number of carbonyl (C=O) groups is 2. The third-order valence-corrected chi connectivity index (χ3v) is 7.64. The van der Waals surface area contributed by atoms with Gasteiger partial charge in [-0.3, -0.25) is 4.79 Å². The number of anilines is 3. The molecule has 3 aliphatic rings. The Morgan fingerprint density at radius 1 is 1.10 bits per heavy atom. The van der Waals surface area contributed by atoms with Crippen molar-refractivity contribution in [1.82, 2.24) is 16.0 Å². The average molecular weight is 583 g/mol. The summed E-state index contributed by atoms with van der Waals surface area (Å²) in [5.41, 5.74) is -0.306. The lowest BCUT2D eigenvalue weighted by molar-refractivity contribution is -0.137. The number of alkyl halides is 3. The van der Waals surface area contributed by atoms with E-state index in [2.05, 4.69) is 26.6 Å². The van der Waals surface area contributed by atoms with Crippen LogP contribution in [0.3, 0.4) is 0 Å². The first kappa shape index (κ1) is 27.0. The van der Waals surface area contributed by atoms with Gasteiger partial charge in [0.2, 0.25) is 5.91 Å². The maximum atomic E-state index is 14.5. The molecule has 39 heavy (non-hydrogen) atoms. The van der Waals surface area contributed by atoms with Crippen molar-refractivity contribution < 1.29 is 27.2 Å². The predicted octanol–water partition coefficient (Wildman–Crippen LogP) is 5.38. The van der Waals surface area contributed by atoms with Crippen LogP contribution in [0, 0.1) is 11.7 Å². The van der Waals surface area contributed by atoms with Crippen LogP contribution in [0.4, 0.5) is 39.4 Å². The molecule has 5 rings (SSSR count). The molecule has 2 unspecified atom stereocenters. The van der Waals surface area contributed by atoms with Crippen LogP contribution in [0.25, 0.3) is 0 Å². The zero-order valence-corrected chi connectivity index (χ0v) is 21.9. The molecule has 2 heterocycles. The Kier molecular flexibility index (Phi) is 7.29. The molecule has 0 saturated heterocycles. The third-order valence-electron chi connectivity index (χ3n) is 6.26. The lowest BCUT2D eigenvalue weighted by Crippen LogP contribution is -2.43. The van der Waals surface area contributed by atoms with Crippen LogP contribution in [0.5, 0.6) is 0 Å². The zero-order valence-electron chi connectivity index (χ0n) is 20.3. The second-order valence-corrected chi connectivity index (χ2v) is 10.7. The fraction of sp³-hybridized carbons (Fsp3) is 0.280. The van der Waals surface area contributed by atoms with Crippen LogP contribution < -0.4 is 31.5 Å². The number of benzene rings is 2. The van der Waals surface area contributed by atoms with E-state index in [1.165, 1.54) is 36.0 Å². The molecule has 2 atom stereocenters. The lowest BCUT2D eigenvalue weighted by atomic mass is 10.2. The van der Waals surface area contributed by atoms with E-state index in [4.69, 9.17) is 11.6 Å². The number of thioether (sulfide) groups is 1. The molecule has 1 saturated carbocycles. The van der Waals surface area contributed by atoms with Gasteiger partial charge >= 0.3 is 12.2 Å². The minimum Gasteiger partial charge on any atom is -0.355 e. The minimum absolute atomic E-state index is 0.0322. The van der Waals surface area contributed by atoms with Gasteiger partial charge in [-0.2, -0.15) is 13.2 Å². The fourth-order valence-corrected chi connectivity index (χ4v) is 5.27. The molecule has 14 heteroatoms. The molecular weight excluding hydrogens is 560 g/mol. The number of dihydropyridines is 1. The summed E-state index contributed by atoms with van der Waals surface area (Å²) in [7, 11) is 1.77. The largest absolute Gasteiger partial charge is 0.417 e. The maximum absolute atomic E-state index is 14.5. The summed E-state index contributed by atoms with van der Waals surface area (Å²) >= 11 is 7.06. The van der Waals surface area contributed by atoms with Crippen molar-refractivity contribution in [2.75, 3.05) is 22.6 Å². The summed E-state index contributed by atoms with van der Waals surface area (Å²) in [4.78, 5) is 26.4. The minimum atomic E-state index is -4.70. The molecule has 0 aromatic heterocycles. The SMILES string of the molecule is CN(c1ccc(F)c(NC(=O)Nc2ccc(Cl)c(C(F)(F)F)c2)c1)C1C=CC2=C(N1)SC(NC(=O)C1CC1)N2. The van der Waals surface area contributed by atoms with Crippen LogP contribution in [-0.4, -0.2) is 30.6 Å². The van der Waals surface area contributed by atoms with Gasteiger partial charge in [-0.15, -0.1) is 0 Å². The first-order valence-corrected chi connectivity index (χ1v) is 13.1. The van der Waals surface area contributed by atoms with E-state index in [0.29, 0.717) is 11.8 Å². The molecule has 0 spiro atoms. The number of likely N-dealkylation sites (N-methyl/N-ethyl adjacent to an activating group) is 1. The van der Waals surface area contributed by atoms with E-state index in [1.54, 1.807) is 7.05 Å². The van der Waals surface area contributed by atoms with Gasteiger partial charge in [0, 0.05) is 24.3 Å². The van der Waals surface area contributed by atoms with Crippen molar-refractivity contribution >= 4 is 52.4 Å². The summed E-state index contributed by atoms with van der Waals surface area (Å²) in [6, 6.07) is 6.12. The average Bonchev–Trinajstić information content (AvgIpc) is 3.65. The van der Waals surface area contributed by atoms with Crippen LogP contribution >= 0.6 is 23.4 Å². The predicted molar refractivity (Wildman–Crippen MR) is 142 cm³/mol. The van der Waals surface area contributed by atoms with Crippen molar-refractivity contribution in [3.63, 3.8) is 0 Å². The second-order valence-electron chi connectivity index (χ2n) is 9.16. The first-order chi connectivity index (χ1) is 18.5. The maximum Gasteiger partial charge on any atom is 0.417 e. The number of hydrogen-bond donors (Lipinski definition) is 5. The highest BCUT2D eigenvalue weighted by Crippen LogP contribution is 2.37.